The van der Waals surface area contributed by atoms with E-state index in [2.05, 4.69) is 9.97 Å². The van der Waals surface area contributed by atoms with Crippen molar-refractivity contribution in [1.29, 1.82) is 0 Å². The molecule has 82 valence electrons. The second-order valence-electron chi connectivity index (χ2n) is 3.27. The van der Waals surface area contributed by atoms with Gasteiger partial charge in [0.1, 0.15) is 11.4 Å². The largest absolute Gasteiger partial charge is 0.437 e. The molecule has 0 amide bonds. The highest BCUT2D eigenvalue weighted by atomic mass is 35.5. The third kappa shape index (κ3) is 2.23. The fraction of sp³-hybridized carbons (Fsp3) is 0.0909. The number of ether oxygens (including phenoxy) is 1. The zero-order chi connectivity index (χ0) is 11.5. The van der Waals surface area contributed by atoms with Gasteiger partial charge >= 0.3 is 0 Å². The zero-order valence-corrected chi connectivity index (χ0v) is 9.40. The second kappa shape index (κ2) is 4.37. The van der Waals surface area contributed by atoms with Crippen molar-refractivity contribution in [3.8, 4) is 11.6 Å². The average Bonchev–Trinajstić information content (AvgIpc) is 2.27. The summed E-state index contributed by atoms with van der Waals surface area (Å²) >= 11 is 5.67. The topological polar surface area (TPSA) is 61.0 Å². The Morgan fingerprint density at radius 1 is 1.31 bits per heavy atom. The van der Waals surface area contributed by atoms with Crippen LogP contribution in [0.3, 0.4) is 0 Å². The molecule has 2 N–H and O–H groups in total. The predicted octanol–water partition coefficient (Wildman–Crippen LogP) is 2.81. The van der Waals surface area contributed by atoms with E-state index in [0.29, 0.717) is 11.4 Å². The molecule has 5 heteroatoms. The van der Waals surface area contributed by atoms with Gasteiger partial charge in [0.15, 0.2) is 0 Å². The number of para-hydroxylation sites is 1. The minimum absolute atomic E-state index is 0.109. The number of aromatic nitrogens is 2. The summed E-state index contributed by atoms with van der Waals surface area (Å²) in [6.07, 6.45) is 1.42. The zero-order valence-electron chi connectivity index (χ0n) is 8.64. The van der Waals surface area contributed by atoms with Crippen molar-refractivity contribution < 1.29 is 4.74 Å². The van der Waals surface area contributed by atoms with Crippen molar-refractivity contribution in [3.63, 3.8) is 0 Å². The number of hydrogen-bond acceptors (Lipinski definition) is 4. The molecule has 0 fully saturated rings. The van der Waals surface area contributed by atoms with Gasteiger partial charge in [0.2, 0.25) is 11.2 Å². The van der Waals surface area contributed by atoms with Crippen LogP contribution in [-0.2, 0) is 0 Å². The Balaban J connectivity index is 2.34. The van der Waals surface area contributed by atoms with Crippen LogP contribution in [0.1, 0.15) is 5.56 Å². The van der Waals surface area contributed by atoms with E-state index < -0.39 is 0 Å². The van der Waals surface area contributed by atoms with Gasteiger partial charge in [-0.05, 0) is 30.2 Å². The number of benzene rings is 1. The summed E-state index contributed by atoms with van der Waals surface area (Å²) in [5.74, 6) is 0.971. The third-order valence-corrected chi connectivity index (χ3v) is 2.23. The molecular weight excluding hydrogens is 226 g/mol. The highest BCUT2D eigenvalue weighted by Gasteiger charge is 2.07. The molecule has 0 radical (unpaired) electrons. The number of nitrogens with zero attached hydrogens (tertiary/aromatic N) is 2. The van der Waals surface area contributed by atoms with Crippen molar-refractivity contribution in [2.45, 2.75) is 6.92 Å². The number of halogens is 1. The Kier molecular flexibility index (Phi) is 2.92. The number of nitrogens with two attached hydrogens (primary N) is 1. The highest BCUT2D eigenvalue weighted by Crippen LogP contribution is 2.27. The number of rotatable bonds is 2. The molecule has 0 atom stereocenters. The molecule has 0 aliphatic rings. The minimum atomic E-state index is 0.109. The summed E-state index contributed by atoms with van der Waals surface area (Å²) in [7, 11) is 0. The second-order valence-corrected chi connectivity index (χ2v) is 3.61. The quantitative estimate of drug-likeness (QED) is 0.813. The average molecular weight is 236 g/mol. The molecule has 2 aromatic rings. The lowest BCUT2D eigenvalue weighted by Gasteiger charge is -2.08. The normalized spacial score (nSPS) is 10.1. The first-order valence-electron chi connectivity index (χ1n) is 4.68. The lowest BCUT2D eigenvalue weighted by molar-refractivity contribution is 0.461. The Labute approximate surface area is 98.0 Å². The van der Waals surface area contributed by atoms with Gasteiger partial charge in [0.25, 0.3) is 0 Å². The van der Waals surface area contributed by atoms with Gasteiger partial charge in [-0.25, -0.2) is 4.98 Å². The lowest BCUT2D eigenvalue weighted by Crippen LogP contribution is -1.97. The lowest BCUT2D eigenvalue weighted by atomic mass is 10.2. The molecular formula is C11H10ClN3O. The number of anilines is 1. The van der Waals surface area contributed by atoms with Gasteiger partial charge in [-0.2, -0.15) is 4.98 Å². The monoisotopic (exact) mass is 235 g/mol. The smallest absolute Gasteiger partial charge is 0.247 e. The third-order valence-electron chi connectivity index (χ3n) is 2.05. The predicted molar refractivity (Wildman–Crippen MR) is 62.7 cm³/mol. The van der Waals surface area contributed by atoms with E-state index in [-0.39, 0.29) is 11.2 Å². The maximum absolute atomic E-state index is 5.68. The van der Waals surface area contributed by atoms with E-state index in [9.17, 15) is 0 Å². The fourth-order valence-electron chi connectivity index (χ4n) is 1.21. The van der Waals surface area contributed by atoms with Crippen molar-refractivity contribution in [1.82, 2.24) is 9.97 Å². The molecule has 0 saturated carbocycles. The van der Waals surface area contributed by atoms with E-state index >= 15 is 0 Å². The molecule has 16 heavy (non-hydrogen) atoms. The van der Waals surface area contributed by atoms with Gasteiger partial charge in [-0.1, -0.05) is 18.2 Å². The van der Waals surface area contributed by atoms with Crippen LogP contribution in [0.5, 0.6) is 11.6 Å². The first-order valence-corrected chi connectivity index (χ1v) is 5.06. The van der Waals surface area contributed by atoms with Crippen molar-refractivity contribution in [2.24, 2.45) is 0 Å². The summed E-state index contributed by atoms with van der Waals surface area (Å²) in [4.78, 5) is 7.67. The van der Waals surface area contributed by atoms with E-state index in [1.165, 1.54) is 6.20 Å². The van der Waals surface area contributed by atoms with E-state index in [1.54, 1.807) is 0 Å². The van der Waals surface area contributed by atoms with Crippen molar-refractivity contribution >= 4 is 17.3 Å². The van der Waals surface area contributed by atoms with Gasteiger partial charge in [-0.15, -0.1) is 0 Å². The van der Waals surface area contributed by atoms with Crippen molar-refractivity contribution in [2.75, 3.05) is 5.73 Å². The molecule has 0 spiro atoms. The van der Waals surface area contributed by atoms with E-state index in [1.807, 2.05) is 31.2 Å². The minimum Gasteiger partial charge on any atom is -0.437 e. The van der Waals surface area contributed by atoms with Gasteiger partial charge < -0.3 is 10.5 Å². The standard InChI is InChI=1S/C11H10ClN3O/c1-7-4-2-3-5-9(7)16-10-8(13)6-14-11(12)15-10/h2-6H,13H2,1H3. The Bertz CT molecular complexity index is 516. The first kappa shape index (κ1) is 10.7. The molecule has 1 aromatic carbocycles. The molecule has 0 aliphatic heterocycles. The Hall–Kier alpha value is -1.81. The fourth-order valence-corrected chi connectivity index (χ4v) is 1.34. The molecule has 1 heterocycles. The van der Waals surface area contributed by atoms with Crippen LogP contribution in [0.15, 0.2) is 30.5 Å². The maximum Gasteiger partial charge on any atom is 0.247 e. The van der Waals surface area contributed by atoms with Gasteiger partial charge in [0, 0.05) is 0 Å². The van der Waals surface area contributed by atoms with Crippen LogP contribution in [0.25, 0.3) is 0 Å². The van der Waals surface area contributed by atoms with Crippen LogP contribution in [-0.4, -0.2) is 9.97 Å². The van der Waals surface area contributed by atoms with Crippen LogP contribution < -0.4 is 10.5 Å². The number of hydrogen-bond donors (Lipinski definition) is 1. The van der Waals surface area contributed by atoms with Crippen LogP contribution in [0.4, 0.5) is 5.69 Å². The van der Waals surface area contributed by atoms with Crippen LogP contribution in [0.2, 0.25) is 5.28 Å². The summed E-state index contributed by atoms with van der Waals surface area (Å²) in [6.45, 7) is 1.94. The molecule has 0 bridgehead atoms. The van der Waals surface area contributed by atoms with Gasteiger partial charge in [-0.3, -0.25) is 0 Å². The van der Waals surface area contributed by atoms with Crippen molar-refractivity contribution in [3.05, 3.63) is 41.3 Å². The van der Waals surface area contributed by atoms with Crippen LogP contribution >= 0.6 is 11.6 Å². The van der Waals surface area contributed by atoms with Gasteiger partial charge in [0.05, 0.1) is 6.20 Å². The molecule has 0 saturated heterocycles. The molecule has 4 nitrogen and oxygen atoms in total. The molecule has 0 unspecified atom stereocenters. The molecule has 2 rings (SSSR count). The number of nitrogen functional groups attached to an aromatic ring is 1. The number of aryl methyl sites for hydroxylation is 1. The van der Waals surface area contributed by atoms with Crippen LogP contribution in [0, 0.1) is 6.92 Å². The van der Waals surface area contributed by atoms with E-state index in [0.717, 1.165) is 5.56 Å². The summed E-state index contributed by atoms with van der Waals surface area (Å²) in [5.41, 5.74) is 7.03. The summed E-state index contributed by atoms with van der Waals surface area (Å²) in [6, 6.07) is 7.58. The Morgan fingerprint density at radius 2 is 2.06 bits per heavy atom. The summed E-state index contributed by atoms with van der Waals surface area (Å²) < 4.78 is 5.56. The Morgan fingerprint density at radius 3 is 2.81 bits per heavy atom. The first-order chi connectivity index (χ1) is 7.66. The van der Waals surface area contributed by atoms with E-state index in [4.69, 9.17) is 22.1 Å². The molecule has 0 aliphatic carbocycles. The maximum atomic E-state index is 5.68. The molecule has 1 aromatic heterocycles. The summed E-state index contributed by atoms with van der Waals surface area (Å²) in [5, 5.41) is 0.109. The SMILES string of the molecule is Cc1ccccc1Oc1nc(Cl)ncc1N. The highest BCUT2D eigenvalue weighted by molar-refractivity contribution is 6.28.